The Bertz CT molecular complexity index is 2170. The molecule has 0 aliphatic heterocycles. The lowest BCUT2D eigenvalue weighted by atomic mass is 9.95. The number of urea groups is 1. The van der Waals surface area contributed by atoms with E-state index in [2.05, 4.69) is 35.9 Å². The van der Waals surface area contributed by atoms with Crippen molar-refractivity contribution >= 4 is 45.3 Å². The van der Waals surface area contributed by atoms with Crippen molar-refractivity contribution in [3.05, 3.63) is 95.2 Å². The second kappa shape index (κ2) is 11.4. The third-order valence-electron chi connectivity index (χ3n) is 7.27. The van der Waals surface area contributed by atoms with Crippen LogP contribution in [0.25, 0.3) is 44.3 Å². The summed E-state index contributed by atoms with van der Waals surface area (Å²) in [5.74, 6) is 0.347. The summed E-state index contributed by atoms with van der Waals surface area (Å²) in [6, 6.07) is 14.5. The van der Waals surface area contributed by atoms with E-state index in [-0.39, 0.29) is 22.2 Å². The minimum Gasteiger partial charge on any atom is -0.357 e. The molecule has 0 bridgehead atoms. The van der Waals surface area contributed by atoms with E-state index in [1.54, 1.807) is 38.8 Å². The van der Waals surface area contributed by atoms with Crippen LogP contribution in [-0.2, 0) is 12.5 Å². The smallest absolute Gasteiger partial charge is 0.323 e. The Morgan fingerprint density at radius 2 is 1.71 bits per heavy atom. The van der Waals surface area contributed by atoms with Crippen LogP contribution in [-0.4, -0.2) is 42.6 Å². The van der Waals surface area contributed by atoms with Gasteiger partial charge in [0, 0.05) is 59.5 Å². The summed E-state index contributed by atoms with van der Waals surface area (Å²) in [7, 11) is 3.23. The number of aromatic nitrogens is 6. The summed E-state index contributed by atoms with van der Waals surface area (Å²) < 4.78 is 16.5. The lowest BCUT2D eigenvalue weighted by molar-refractivity contribution is 0.262. The number of fused-ring (bicyclic) bond motifs is 2. The Morgan fingerprint density at radius 1 is 0.889 bits per heavy atom. The molecule has 12 heteroatoms. The lowest BCUT2D eigenvalue weighted by Crippen LogP contribution is -2.22. The molecule has 0 saturated heterocycles. The van der Waals surface area contributed by atoms with Crippen molar-refractivity contribution in [1.82, 2.24) is 29.5 Å². The van der Waals surface area contributed by atoms with Crippen LogP contribution >= 0.6 is 0 Å². The summed E-state index contributed by atoms with van der Waals surface area (Å²) in [6.45, 7) is 6.04. The van der Waals surface area contributed by atoms with E-state index in [1.807, 2.05) is 51.1 Å². The van der Waals surface area contributed by atoms with Crippen LogP contribution in [0.3, 0.4) is 0 Å². The normalized spacial score (nSPS) is 11.5. The second-order valence-electron chi connectivity index (χ2n) is 11.5. The molecular formula is C33H30FN9O2. The quantitative estimate of drug-likeness (QED) is 0.214. The Morgan fingerprint density at radius 3 is 2.49 bits per heavy atom. The van der Waals surface area contributed by atoms with Crippen molar-refractivity contribution in [2.24, 2.45) is 7.05 Å². The van der Waals surface area contributed by atoms with Gasteiger partial charge in [0.25, 0.3) is 5.56 Å². The van der Waals surface area contributed by atoms with Gasteiger partial charge in [0.2, 0.25) is 5.95 Å². The number of pyridine rings is 2. The largest absolute Gasteiger partial charge is 0.357 e. The molecule has 4 aromatic heterocycles. The number of nitrogens with one attached hydrogen (secondary N) is 3. The molecule has 6 rings (SSSR count). The highest BCUT2D eigenvalue weighted by atomic mass is 19.1. The molecule has 2 amide bonds. The number of amides is 2. The predicted molar refractivity (Wildman–Crippen MR) is 174 cm³/mol. The summed E-state index contributed by atoms with van der Waals surface area (Å²) in [6.07, 6.45) is 4.86. The van der Waals surface area contributed by atoms with Gasteiger partial charge in [0.05, 0.1) is 28.7 Å². The lowest BCUT2D eigenvalue weighted by Gasteiger charge is -2.19. The van der Waals surface area contributed by atoms with Gasteiger partial charge in [-0.3, -0.25) is 14.3 Å². The van der Waals surface area contributed by atoms with E-state index in [1.165, 1.54) is 22.8 Å². The molecule has 3 N–H and O–H groups in total. The SMILES string of the molecule is CNc1ncc2cc(-c3cc(NC(=O)Nc4cnc(C(C)(C)C)nc4-c4ccc5ncccc5c4)ccc3F)c(=O)n(C)c2n1. The van der Waals surface area contributed by atoms with Gasteiger partial charge in [-0.25, -0.2) is 24.1 Å². The summed E-state index contributed by atoms with van der Waals surface area (Å²) in [5, 5.41) is 9.90. The first-order valence-corrected chi connectivity index (χ1v) is 14.2. The maximum atomic E-state index is 15.1. The topological polar surface area (TPSA) is 140 Å². The van der Waals surface area contributed by atoms with Crippen LogP contribution < -0.4 is 21.5 Å². The van der Waals surface area contributed by atoms with Crippen molar-refractivity contribution in [3.8, 4) is 22.4 Å². The average Bonchev–Trinajstić information content (AvgIpc) is 3.03. The van der Waals surface area contributed by atoms with Gasteiger partial charge in [0.15, 0.2) is 0 Å². The van der Waals surface area contributed by atoms with Crippen LogP contribution in [0.15, 0.2) is 78.0 Å². The van der Waals surface area contributed by atoms with E-state index < -0.39 is 17.4 Å². The van der Waals surface area contributed by atoms with Crippen molar-refractivity contribution < 1.29 is 9.18 Å². The standard InChI is InChI=1S/C33H30FN9O2/c1-33(2,3)30-37-17-26(27(41-30)19-8-11-25-18(13-19)7-6-12-36-25)40-32(45)39-21-9-10-24(34)22(15-21)23-14-20-16-38-31(35-4)42-28(20)43(5)29(23)44/h6-17H,1-5H3,(H,35,38,42)(H2,39,40,45). The third-order valence-corrected chi connectivity index (χ3v) is 7.27. The number of benzene rings is 2. The van der Waals surface area contributed by atoms with Crippen LogP contribution in [0.1, 0.15) is 26.6 Å². The Hall–Kier alpha value is -5.78. The number of carbonyl (C=O) groups is 1. The second-order valence-corrected chi connectivity index (χ2v) is 11.5. The molecule has 6 aromatic rings. The Labute approximate surface area is 257 Å². The molecular weight excluding hydrogens is 573 g/mol. The van der Waals surface area contributed by atoms with Crippen molar-refractivity contribution in [3.63, 3.8) is 0 Å². The first-order valence-electron chi connectivity index (χ1n) is 14.2. The van der Waals surface area contributed by atoms with Crippen LogP contribution in [0, 0.1) is 5.82 Å². The predicted octanol–water partition coefficient (Wildman–Crippen LogP) is 6.12. The average molecular weight is 604 g/mol. The van der Waals surface area contributed by atoms with Crippen molar-refractivity contribution in [2.75, 3.05) is 23.0 Å². The van der Waals surface area contributed by atoms with Gasteiger partial charge in [-0.1, -0.05) is 32.9 Å². The van der Waals surface area contributed by atoms with Crippen molar-refractivity contribution in [1.29, 1.82) is 0 Å². The molecule has 0 radical (unpaired) electrons. The van der Waals surface area contributed by atoms with E-state index in [0.717, 1.165) is 16.5 Å². The highest BCUT2D eigenvalue weighted by Gasteiger charge is 2.21. The van der Waals surface area contributed by atoms with Crippen molar-refractivity contribution in [2.45, 2.75) is 26.2 Å². The maximum Gasteiger partial charge on any atom is 0.323 e. The fraction of sp³-hybridized carbons (Fsp3) is 0.182. The van der Waals surface area contributed by atoms with Crippen LogP contribution in [0.5, 0.6) is 0 Å². The number of carbonyl (C=O) groups excluding carboxylic acids is 1. The van der Waals surface area contributed by atoms with Gasteiger partial charge >= 0.3 is 6.03 Å². The van der Waals surface area contributed by atoms with Crippen LogP contribution in [0.4, 0.5) is 26.5 Å². The first-order chi connectivity index (χ1) is 21.5. The number of aryl methyl sites for hydroxylation is 1. The van der Waals surface area contributed by atoms with Gasteiger partial charge in [-0.15, -0.1) is 0 Å². The zero-order valence-corrected chi connectivity index (χ0v) is 25.3. The monoisotopic (exact) mass is 603 g/mol. The molecule has 0 saturated carbocycles. The van der Waals surface area contributed by atoms with Crippen LogP contribution in [0.2, 0.25) is 0 Å². The Balaban J connectivity index is 1.33. The highest BCUT2D eigenvalue weighted by Crippen LogP contribution is 2.31. The van der Waals surface area contributed by atoms with Gasteiger partial charge in [-0.2, -0.15) is 4.98 Å². The number of nitrogens with zero attached hydrogens (tertiary/aromatic N) is 6. The number of anilines is 3. The number of hydrogen-bond donors (Lipinski definition) is 3. The summed E-state index contributed by atoms with van der Waals surface area (Å²) >= 11 is 0. The Kier molecular flexibility index (Phi) is 7.41. The summed E-state index contributed by atoms with van der Waals surface area (Å²) in [4.78, 5) is 48.8. The third kappa shape index (κ3) is 5.77. The zero-order valence-electron chi connectivity index (χ0n) is 25.3. The molecule has 0 atom stereocenters. The minimum absolute atomic E-state index is 0.0244. The molecule has 226 valence electrons. The minimum atomic E-state index is -0.621. The number of halogens is 1. The number of rotatable bonds is 5. The molecule has 11 nitrogen and oxygen atoms in total. The van der Waals surface area contributed by atoms with Gasteiger partial charge < -0.3 is 16.0 Å². The maximum absolute atomic E-state index is 15.1. The van der Waals surface area contributed by atoms with E-state index in [0.29, 0.717) is 34.2 Å². The van der Waals surface area contributed by atoms with E-state index in [4.69, 9.17) is 4.98 Å². The van der Waals surface area contributed by atoms with Gasteiger partial charge in [0.1, 0.15) is 17.3 Å². The molecule has 0 fully saturated rings. The fourth-order valence-electron chi connectivity index (χ4n) is 4.93. The highest BCUT2D eigenvalue weighted by molar-refractivity contribution is 6.02. The number of hydrogen-bond acceptors (Lipinski definition) is 8. The molecule has 4 heterocycles. The zero-order chi connectivity index (χ0) is 31.9. The molecule has 0 spiro atoms. The van der Waals surface area contributed by atoms with E-state index >= 15 is 4.39 Å². The fourth-order valence-corrected chi connectivity index (χ4v) is 4.93. The first kappa shape index (κ1) is 29.3. The summed E-state index contributed by atoms with van der Waals surface area (Å²) in [5.41, 5.74) is 2.56. The molecule has 0 aliphatic rings. The van der Waals surface area contributed by atoms with E-state index in [9.17, 15) is 9.59 Å². The molecule has 0 aliphatic carbocycles. The molecule has 2 aromatic carbocycles. The van der Waals surface area contributed by atoms with Gasteiger partial charge in [-0.05, 0) is 42.5 Å². The molecule has 0 unspecified atom stereocenters. The molecule has 45 heavy (non-hydrogen) atoms.